The van der Waals surface area contributed by atoms with Crippen molar-refractivity contribution in [2.24, 2.45) is 4.99 Å². The molecule has 0 atom stereocenters. The number of esters is 2. The predicted molar refractivity (Wildman–Crippen MR) is 127 cm³/mol. The third kappa shape index (κ3) is 4.99. The van der Waals surface area contributed by atoms with Crippen LogP contribution in [0.25, 0.3) is 6.08 Å². The number of carbonyl (C=O) groups is 2. The summed E-state index contributed by atoms with van der Waals surface area (Å²) in [5, 5.41) is 0. The molecule has 1 aliphatic rings. The summed E-state index contributed by atoms with van der Waals surface area (Å²) in [5.41, 5.74) is 2.86. The quantitative estimate of drug-likeness (QED) is 0.283. The molecule has 0 aliphatic carbocycles. The highest BCUT2D eigenvalue weighted by Crippen LogP contribution is 2.32. The monoisotopic (exact) mass is 457 g/mol. The number of para-hydroxylation sites is 1. The molecule has 0 N–H and O–H groups in total. The summed E-state index contributed by atoms with van der Waals surface area (Å²) in [5.74, 6) is 0.158. The van der Waals surface area contributed by atoms with Crippen LogP contribution in [-0.2, 0) is 9.53 Å². The Morgan fingerprint density at radius 1 is 1.00 bits per heavy atom. The predicted octanol–water partition coefficient (Wildman–Crippen LogP) is 4.97. The second-order valence-electron chi connectivity index (χ2n) is 7.43. The minimum Gasteiger partial charge on any atom is -0.496 e. The molecule has 0 saturated carbocycles. The van der Waals surface area contributed by atoms with Gasteiger partial charge in [0, 0.05) is 5.56 Å². The number of methoxy groups -OCH3 is 1. The van der Waals surface area contributed by atoms with Crippen LogP contribution in [0.15, 0.2) is 77.4 Å². The fraction of sp³-hybridized carbons (Fsp3) is 0.148. The zero-order chi connectivity index (χ0) is 24.1. The van der Waals surface area contributed by atoms with Gasteiger partial charge in [-0.1, -0.05) is 35.9 Å². The summed E-state index contributed by atoms with van der Waals surface area (Å²) in [6.07, 6.45) is 1.60. The Kier molecular flexibility index (Phi) is 6.73. The highest BCUT2D eigenvalue weighted by molar-refractivity contribution is 6.12. The van der Waals surface area contributed by atoms with Gasteiger partial charge in [-0.2, -0.15) is 0 Å². The van der Waals surface area contributed by atoms with Crippen molar-refractivity contribution < 1.29 is 28.5 Å². The van der Waals surface area contributed by atoms with E-state index >= 15 is 0 Å². The first-order chi connectivity index (χ1) is 16.5. The summed E-state index contributed by atoms with van der Waals surface area (Å²) in [4.78, 5) is 29.4. The van der Waals surface area contributed by atoms with Crippen molar-refractivity contribution in [3.05, 3.63) is 94.7 Å². The van der Waals surface area contributed by atoms with E-state index in [-0.39, 0.29) is 17.3 Å². The first-order valence-electron chi connectivity index (χ1n) is 10.7. The molecule has 0 amide bonds. The van der Waals surface area contributed by atoms with Crippen LogP contribution < -0.4 is 14.2 Å². The van der Waals surface area contributed by atoms with Gasteiger partial charge in [-0.3, -0.25) is 0 Å². The number of cyclic esters (lactones) is 1. The van der Waals surface area contributed by atoms with Crippen LogP contribution in [0, 0.1) is 6.92 Å². The van der Waals surface area contributed by atoms with Gasteiger partial charge in [-0.25, -0.2) is 14.6 Å². The minimum absolute atomic E-state index is 0.165. The van der Waals surface area contributed by atoms with Crippen LogP contribution in [-0.4, -0.2) is 31.6 Å². The van der Waals surface area contributed by atoms with Gasteiger partial charge >= 0.3 is 11.9 Å². The number of hydrogen-bond donors (Lipinski definition) is 0. The Morgan fingerprint density at radius 3 is 2.59 bits per heavy atom. The number of nitrogens with zero attached hydrogens (tertiary/aromatic N) is 1. The van der Waals surface area contributed by atoms with Crippen LogP contribution in [0.2, 0.25) is 0 Å². The van der Waals surface area contributed by atoms with E-state index in [0.717, 1.165) is 11.1 Å². The number of aliphatic imine (C=N–C) groups is 1. The average Bonchev–Trinajstić information content (AvgIpc) is 3.21. The maximum Gasteiger partial charge on any atom is 0.363 e. The van der Waals surface area contributed by atoms with Crippen molar-refractivity contribution in [2.75, 3.05) is 13.7 Å². The Labute approximate surface area is 197 Å². The molecule has 1 aliphatic heterocycles. The zero-order valence-electron chi connectivity index (χ0n) is 19.0. The lowest BCUT2D eigenvalue weighted by molar-refractivity contribution is -0.129. The summed E-state index contributed by atoms with van der Waals surface area (Å²) < 4.78 is 21.8. The molecule has 0 unspecified atom stereocenters. The molecule has 34 heavy (non-hydrogen) atoms. The molecule has 0 fully saturated rings. The van der Waals surface area contributed by atoms with Gasteiger partial charge in [0.25, 0.3) is 0 Å². The highest BCUT2D eigenvalue weighted by Gasteiger charge is 2.24. The zero-order valence-corrected chi connectivity index (χ0v) is 19.0. The number of carbonyl (C=O) groups excluding carboxylic acids is 2. The van der Waals surface area contributed by atoms with Crippen molar-refractivity contribution in [3.8, 4) is 17.2 Å². The van der Waals surface area contributed by atoms with Crippen molar-refractivity contribution >= 4 is 23.9 Å². The maximum absolute atomic E-state index is 12.7. The molecule has 3 aromatic carbocycles. The second-order valence-corrected chi connectivity index (χ2v) is 7.43. The number of rotatable bonds is 7. The van der Waals surface area contributed by atoms with E-state index in [1.54, 1.807) is 48.5 Å². The number of hydrogen-bond acceptors (Lipinski definition) is 7. The van der Waals surface area contributed by atoms with Crippen molar-refractivity contribution in [1.82, 2.24) is 0 Å². The third-order valence-corrected chi connectivity index (χ3v) is 4.99. The second kappa shape index (κ2) is 10.0. The van der Waals surface area contributed by atoms with Gasteiger partial charge in [0.1, 0.15) is 11.3 Å². The molecule has 3 aromatic rings. The summed E-state index contributed by atoms with van der Waals surface area (Å²) in [7, 11) is 1.49. The first kappa shape index (κ1) is 22.8. The number of ether oxygens (including phenoxy) is 4. The molecule has 0 aromatic heterocycles. The Bertz CT molecular complexity index is 1310. The van der Waals surface area contributed by atoms with Crippen molar-refractivity contribution in [3.63, 3.8) is 0 Å². The number of benzene rings is 3. The normalized spacial score (nSPS) is 13.9. The van der Waals surface area contributed by atoms with Gasteiger partial charge in [0.2, 0.25) is 5.90 Å². The average molecular weight is 457 g/mol. The van der Waals surface area contributed by atoms with E-state index in [1.165, 1.54) is 7.11 Å². The molecular formula is C27H23NO6. The minimum atomic E-state index is -0.573. The van der Waals surface area contributed by atoms with Gasteiger partial charge in [0.15, 0.2) is 17.2 Å². The molecule has 0 saturated heterocycles. The summed E-state index contributed by atoms with van der Waals surface area (Å²) >= 11 is 0. The molecule has 0 spiro atoms. The largest absolute Gasteiger partial charge is 0.496 e. The van der Waals surface area contributed by atoms with Crippen LogP contribution >= 0.6 is 0 Å². The van der Waals surface area contributed by atoms with Crippen molar-refractivity contribution in [2.45, 2.75) is 13.8 Å². The van der Waals surface area contributed by atoms with Gasteiger partial charge in [-0.05, 0) is 61.9 Å². The van der Waals surface area contributed by atoms with Crippen LogP contribution in [0.5, 0.6) is 17.2 Å². The molecule has 7 heteroatoms. The van der Waals surface area contributed by atoms with E-state index in [2.05, 4.69) is 4.99 Å². The maximum atomic E-state index is 12.7. The highest BCUT2D eigenvalue weighted by atomic mass is 16.6. The molecule has 0 bridgehead atoms. The fourth-order valence-corrected chi connectivity index (χ4v) is 3.40. The van der Waals surface area contributed by atoms with Crippen LogP contribution in [0.1, 0.15) is 34.0 Å². The van der Waals surface area contributed by atoms with Crippen LogP contribution in [0.4, 0.5) is 0 Å². The molecular weight excluding hydrogens is 434 g/mol. The molecule has 1 heterocycles. The molecule has 0 radical (unpaired) electrons. The van der Waals surface area contributed by atoms with E-state index in [4.69, 9.17) is 18.9 Å². The Balaban J connectivity index is 1.60. The Morgan fingerprint density at radius 2 is 1.82 bits per heavy atom. The molecule has 7 nitrogen and oxygen atoms in total. The third-order valence-electron chi connectivity index (χ3n) is 4.99. The van der Waals surface area contributed by atoms with Gasteiger partial charge < -0.3 is 18.9 Å². The Hall–Kier alpha value is -4.39. The lowest BCUT2D eigenvalue weighted by Gasteiger charge is -2.12. The fourth-order valence-electron chi connectivity index (χ4n) is 3.40. The summed E-state index contributed by atoms with van der Waals surface area (Å²) in [6, 6.07) is 19.3. The SMILES string of the molecule is CCOc1cc(/C=C2/N=C(c3cccc(C)c3)OC2=O)ccc1OC(=O)c1ccccc1OC. The lowest BCUT2D eigenvalue weighted by Crippen LogP contribution is -2.11. The van der Waals surface area contributed by atoms with Crippen LogP contribution in [0.3, 0.4) is 0 Å². The number of aryl methyl sites for hydroxylation is 1. The van der Waals surface area contributed by atoms with E-state index in [9.17, 15) is 9.59 Å². The van der Waals surface area contributed by atoms with Gasteiger partial charge in [0.05, 0.1) is 13.7 Å². The standard InChI is InChI=1S/C27H23NO6/c1-4-32-24-16-18(12-13-23(24)33-26(29)20-10-5-6-11-22(20)31-3)15-21-27(30)34-25(28-21)19-9-7-8-17(2)14-19/h5-16H,4H2,1-3H3/b21-15+. The smallest absolute Gasteiger partial charge is 0.363 e. The van der Waals surface area contributed by atoms with E-state index < -0.39 is 11.9 Å². The van der Waals surface area contributed by atoms with Crippen molar-refractivity contribution in [1.29, 1.82) is 0 Å². The lowest BCUT2D eigenvalue weighted by atomic mass is 10.1. The molecule has 172 valence electrons. The molecule has 4 rings (SSSR count). The van der Waals surface area contributed by atoms with E-state index in [0.29, 0.717) is 29.2 Å². The van der Waals surface area contributed by atoms with Gasteiger partial charge in [-0.15, -0.1) is 0 Å². The van der Waals surface area contributed by atoms with E-state index in [1.807, 2.05) is 38.1 Å². The first-order valence-corrected chi connectivity index (χ1v) is 10.7. The summed E-state index contributed by atoms with van der Waals surface area (Å²) in [6.45, 7) is 4.13. The topological polar surface area (TPSA) is 83.4 Å².